The molecule has 2 N–H and O–H groups in total. The average molecular weight is 229 g/mol. The fourth-order valence-corrected chi connectivity index (χ4v) is 1.62. The van der Waals surface area contributed by atoms with Gasteiger partial charge in [-0.05, 0) is 33.6 Å². The molecule has 1 heterocycles. The summed E-state index contributed by atoms with van der Waals surface area (Å²) in [5, 5.41) is 12.4. The summed E-state index contributed by atoms with van der Waals surface area (Å²) in [7, 11) is 0. The summed E-state index contributed by atoms with van der Waals surface area (Å²) in [6.45, 7) is 5.77. The van der Waals surface area contributed by atoms with Gasteiger partial charge in [0.2, 0.25) is 5.91 Å². The summed E-state index contributed by atoms with van der Waals surface area (Å²) >= 11 is 0. The van der Waals surface area contributed by atoms with Crippen molar-refractivity contribution in [2.45, 2.75) is 45.3 Å². The lowest BCUT2D eigenvalue weighted by atomic mass is 9.93. The van der Waals surface area contributed by atoms with Crippen molar-refractivity contribution in [1.29, 1.82) is 0 Å². The molecule has 0 radical (unpaired) electrons. The highest BCUT2D eigenvalue weighted by Crippen LogP contribution is 2.19. The Labute approximate surface area is 95.2 Å². The van der Waals surface area contributed by atoms with Crippen LogP contribution in [0.5, 0.6) is 0 Å². The fourth-order valence-electron chi connectivity index (χ4n) is 1.62. The van der Waals surface area contributed by atoms with Gasteiger partial charge >= 0.3 is 5.97 Å². The first kappa shape index (κ1) is 13.0. The van der Waals surface area contributed by atoms with Gasteiger partial charge in [-0.25, -0.2) is 4.79 Å². The number of hydrogen-bond donors (Lipinski definition) is 2. The van der Waals surface area contributed by atoms with Gasteiger partial charge in [0.15, 0.2) is 6.10 Å². The number of ether oxygens (including phenoxy) is 1. The van der Waals surface area contributed by atoms with Crippen LogP contribution in [0.1, 0.15) is 33.6 Å². The molecule has 1 rings (SSSR count). The van der Waals surface area contributed by atoms with E-state index in [1.807, 2.05) is 0 Å². The van der Waals surface area contributed by atoms with Crippen molar-refractivity contribution in [3.63, 3.8) is 0 Å². The van der Waals surface area contributed by atoms with E-state index < -0.39 is 23.6 Å². The molecule has 16 heavy (non-hydrogen) atoms. The molecular formula is C11H19NO4. The number of carbonyl (C=O) groups is 2. The SMILES string of the molecule is CC(C)(C)OC(=O)C(O)C1CCCNC1=O. The van der Waals surface area contributed by atoms with Gasteiger partial charge in [-0.1, -0.05) is 0 Å². The van der Waals surface area contributed by atoms with Gasteiger partial charge in [-0.3, -0.25) is 4.79 Å². The second-order valence-electron chi connectivity index (χ2n) is 5.02. The molecule has 92 valence electrons. The van der Waals surface area contributed by atoms with Gasteiger partial charge in [-0.2, -0.15) is 0 Å². The van der Waals surface area contributed by atoms with Crippen LogP contribution >= 0.6 is 0 Å². The van der Waals surface area contributed by atoms with E-state index in [9.17, 15) is 14.7 Å². The summed E-state index contributed by atoms with van der Waals surface area (Å²) in [5.41, 5.74) is -0.650. The number of amides is 1. The van der Waals surface area contributed by atoms with Crippen LogP contribution in [0.4, 0.5) is 0 Å². The number of esters is 1. The molecule has 2 atom stereocenters. The van der Waals surface area contributed by atoms with E-state index in [0.29, 0.717) is 13.0 Å². The first-order valence-corrected chi connectivity index (χ1v) is 5.50. The topological polar surface area (TPSA) is 75.6 Å². The Balaban J connectivity index is 2.59. The van der Waals surface area contributed by atoms with Crippen molar-refractivity contribution in [3.8, 4) is 0 Å². The highest BCUT2D eigenvalue weighted by atomic mass is 16.6. The van der Waals surface area contributed by atoms with Crippen LogP contribution in [0.25, 0.3) is 0 Å². The summed E-state index contributed by atoms with van der Waals surface area (Å²) in [5.74, 6) is -1.68. The first-order valence-electron chi connectivity index (χ1n) is 5.50. The minimum atomic E-state index is -1.36. The Kier molecular flexibility index (Phi) is 3.91. The normalized spacial score (nSPS) is 23.5. The molecule has 0 saturated carbocycles. The van der Waals surface area contributed by atoms with Crippen molar-refractivity contribution in [1.82, 2.24) is 5.32 Å². The van der Waals surface area contributed by atoms with Crippen molar-refractivity contribution >= 4 is 11.9 Å². The molecule has 2 unspecified atom stereocenters. The van der Waals surface area contributed by atoms with Crippen LogP contribution in [0.15, 0.2) is 0 Å². The van der Waals surface area contributed by atoms with Gasteiger partial charge in [-0.15, -0.1) is 0 Å². The molecule has 5 nitrogen and oxygen atoms in total. The average Bonchev–Trinajstić information content (AvgIpc) is 2.15. The number of carbonyl (C=O) groups excluding carboxylic acids is 2. The smallest absolute Gasteiger partial charge is 0.336 e. The second-order valence-corrected chi connectivity index (χ2v) is 5.02. The first-order chi connectivity index (χ1) is 7.31. The monoisotopic (exact) mass is 229 g/mol. The zero-order valence-electron chi connectivity index (χ0n) is 9.95. The lowest BCUT2D eigenvalue weighted by molar-refractivity contribution is -0.170. The van der Waals surface area contributed by atoms with Crippen molar-refractivity contribution in [2.24, 2.45) is 5.92 Å². The van der Waals surface area contributed by atoms with Crippen molar-refractivity contribution in [2.75, 3.05) is 6.54 Å². The van der Waals surface area contributed by atoms with E-state index in [1.165, 1.54) is 0 Å². The third kappa shape index (κ3) is 3.48. The van der Waals surface area contributed by atoms with Crippen LogP contribution in [-0.4, -0.2) is 35.2 Å². The summed E-state index contributed by atoms with van der Waals surface area (Å²) in [4.78, 5) is 23.0. The van der Waals surface area contributed by atoms with E-state index in [1.54, 1.807) is 20.8 Å². The Hall–Kier alpha value is -1.10. The van der Waals surface area contributed by atoms with Gasteiger partial charge in [0.1, 0.15) is 5.60 Å². The summed E-state index contributed by atoms with van der Waals surface area (Å²) in [6, 6.07) is 0. The quantitative estimate of drug-likeness (QED) is 0.664. The Morgan fingerprint density at radius 3 is 2.69 bits per heavy atom. The van der Waals surface area contributed by atoms with E-state index >= 15 is 0 Å². The molecule has 0 aliphatic carbocycles. The fraction of sp³-hybridized carbons (Fsp3) is 0.818. The van der Waals surface area contributed by atoms with Gasteiger partial charge in [0.25, 0.3) is 0 Å². The maximum absolute atomic E-state index is 11.6. The van der Waals surface area contributed by atoms with E-state index in [-0.39, 0.29) is 5.91 Å². The molecule has 1 saturated heterocycles. The van der Waals surface area contributed by atoms with E-state index in [4.69, 9.17) is 4.74 Å². The lowest BCUT2D eigenvalue weighted by Gasteiger charge is -2.27. The highest BCUT2D eigenvalue weighted by molar-refractivity contribution is 5.87. The van der Waals surface area contributed by atoms with Crippen molar-refractivity contribution in [3.05, 3.63) is 0 Å². The van der Waals surface area contributed by atoms with Crippen LogP contribution in [0.2, 0.25) is 0 Å². The number of nitrogens with one attached hydrogen (secondary N) is 1. The molecule has 1 amide bonds. The summed E-state index contributed by atoms with van der Waals surface area (Å²) < 4.78 is 5.03. The zero-order chi connectivity index (χ0) is 12.3. The number of aliphatic hydroxyl groups is 1. The molecule has 0 spiro atoms. The molecule has 0 aromatic rings. The maximum Gasteiger partial charge on any atom is 0.336 e. The van der Waals surface area contributed by atoms with Crippen LogP contribution in [0.3, 0.4) is 0 Å². The number of hydrogen-bond acceptors (Lipinski definition) is 4. The van der Waals surface area contributed by atoms with Crippen LogP contribution < -0.4 is 5.32 Å². The number of piperidine rings is 1. The second kappa shape index (κ2) is 4.82. The standard InChI is InChI=1S/C11H19NO4/c1-11(2,3)16-10(15)8(13)7-5-4-6-12-9(7)14/h7-8,13H,4-6H2,1-3H3,(H,12,14). The Morgan fingerprint density at radius 2 is 2.19 bits per heavy atom. The summed E-state index contributed by atoms with van der Waals surface area (Å²) in [6.07, 6.45) is -0.0674. The van der Waals surface area contributed by atoms with Gasteiger partial charge < -0.3 is 15.2 Å². The molecule has 1 aliphatic rings. The van der Waals surface area contributed by atoms with Gasteiger partial charge in [0.05, 0.1) is 5.92 Å². The van der Waals surface area contributed by atoms with Crippen molar-refractivity contribution < 1.29 is 19.4 Å². The Bertz CT molecular complexity index is 282. The predicted octanol–water partition coefficient (Wildman–Crippen LogP) is 0.215. The minimum absolute atomic E-state index is 0.274. The molecule has 1 fully saturated rings. The van der Waals surface area contributed by atoms with Crippen LogP contribution in [-0.2, 0) is 14.3 Å². The van der Waals surface area contributed by atoms with Gasteiger partial charge in [0, 0.05) is 6.54 Å². The largest absolute Gasteiger partial charge is 0.458 e. The molecule has 5 heteroatoms. The minimum Gasteiger partial charge on any atom is -0.458 e. The molecular weight excluding hydrogens is 210 g/mol. The number of aliphatic hydroxyl groups excluding tert-OH is 1. The van der Waals surface area contributed by atoms with E-state index in [0.717, 1.165) is 6.42 Å². The third-order valence-corrected chi connectivity index (χ3v) is 2.36. The van der Waals surface area contributed by atoms with E-state index in [2.05, 4.69) is 5.32 Å². The molecule has 1 aliphatic heterocycles. The predicted molar refractivity (Wildman–Crippen MR) is 57.6 cm³/mol. The molecule has 0 bridgehead atoms. The highest BCUT2D eigenvalue weighted by Gasteiger charge is 2.36. The molecule has 0 aromatic heterocycles. The maximum atomic E-state index is 11.6. The number of rotatable bonds is 2. The molecule has 0 aromatic carbocycles. The Morgan fingerprint density at radius 1 is 1.56 bits per heavy atom. The zero-order valence-corrected chi connectivity index (χ0v) is 9.95. The third-order valence-electron chi connectivity index (χ3n) is 2.36. The van der Waals surface area contributed by atoms with Crippen LogP contribution in [0, 0.1) is 5.92 Å². The lowest BCUT2D eigenvalue weighted by Crippen LogP contribution is -2.46.